The molecule has 154 valence electrons. The second kappa shape index (κ2) is 12.8. The molecular formula is C21H32IN5O. The molecule has 1 aromatic heterocycles. The lowest BCUT2D eigenvalue weighted by molar-refractivity contribution is 0.0907. The van der Waals surface area contributed by atoms with Crippen LogP contribution in [0, 0.1) is 5.92 Å². The predicted octanol–water partition coefficient (Wildman–Crippen LogP) is 3.40. The minimum absolute atomic E-state index is 0. The smallest absolute Gasteiger partial charge is 0.193 e. The minimum Gasteiger partial charge on any atom is -0.376 e. The third-order valence-electron chi connectivity index (χ3n) is 4.78. The second-order valence-electron chi connectivity index (χ2n) is 6.99. The standard InChI is InChI=1S/C21H31N5O.HI/c1-2-23-21(24-10-6-12-25-14-11-22-18-25)26-13-9-20(15-26)17-27-16-19-7-4-3-5-8-19;/h3-5,7-8,11,14,18,20H,2,6,9-10,12-13,15-17H2,1H3,(H,23,24);1H. The van der Waals surface area contributed by atoms with Gasteiger partial charge in [-0.3, -0.25) is 4.99 Å². The van der Waals surface area contributed by atoms with E-state index in [2.05, 4.69) is 51.0 Å². The van der Waals surface area contributed by atoms with Crippen molar-refractivity contribution in [3.05, 3.63) is 54.6 Å². The number of likely N-dealkylation sites (tertiary alicyclic amines) is 1. The molecule has 1 aromatic carbocycles. The van der Waals surface area contributed by atoms with E-state index in [1.165, 1.54) is 5.56 Å². The van der Waals surface area contributed by atoms with E-state index in [-0.39, 0.29) is 24.0 Å². The third kappa shape index (κ3) is 7.43. The first kappa shape index (κ1) is 22.7. The van der Waals surface area contributed by atoms with Crippen LogP contribution in [-0.4, -0.2) is 53.2 Å². The van der Waals surface area contributed by atoms with Crippen LogP contribution in [0.5, 0.6) is 0 Å². The van der Waals surface area contributed by atoms with Gasteiger partial charge in [-0.2, -0.15) is 0 Å². The maximum Gasteiger partial charge on any atom is 0.193 e. The summed E-state index contributed by atoms with van der Waals surface area (Å²) in [5.74, 6) is 1.61. The van der Waals surface area contributed by atoms with Gasteiger partial charge >= 0.3 is 0 Å². The Morgan fingerprint density at radius 2 is 2.18 bits per heavy atom. The van der Waals surface area contributed by atoms with Crippen molar-refractivity contribution in [1.82, 2.24) is 19.8 Å². The number of benzene rings is 1. The van der Waals surface area contributed by atoms with Gasteiger partial charge in [0.1, 0.15) is 0 Å². The summed E-state index contributed by atoms with van der Waals surface area (Å²) in [6.45, 7) is 8.37. The molecule has 1 fully saturated rings. The van der Waals surface area contributed by atoms with Gasteiger partial charge in [0.2, 0.25) is 0 Å². The van der Waals surface area contributed by atoms with Crippen LogP contribution in [0.2, 0.25) is 0 Å². The van der Waals surface area contributed by atoms with Crippen LogP contribution in [0.4, 0.5) is 0 Å². The van der Waals surface area contributed by atoms with Crippen molar-refractivity contribution in [2.24, 2.45) is 10.9 Å². The molecule has 2 heterocycles. The topological polar surface area (TPSA) is 54.7 Å². The summed E-state index contributed by atoms with van der Waals surface area (Å²) in [5.41, 5.74) is 1.24. The molecule has 2 aromatic rings. The van der Waals surface area contributed by atoms with Gasteiger partial charge in [0.05, 0.1) is 19.5 Å². The number of nitrogens with one attached hydrogen (secondary N) is 1. The average Bonchev–Trinajstić information content (AvgIpc) is 3.37. The molecule has 1 aliphatic heterocycles. The van der Waals surface area contributed by atoms with E-state index < -0.39 is 0 Å². The molecule has 0 aliphatic carbocycles. The zero-order chi connectivity index (χ0) is 18.7. The Bertz CT molecular complexity index is 677. The summed E-state index contributed by atoms with van der Waals surface area (Å²) in [7, 11) is 0. The van der Waals surface area contributed by atoms with Gasteiger partial charge in [-0.15, -0.1) is 24.0 Å². The van der Waals surface area contributed by atoms with E-state index in [9.17, 15) is 0 Å². The van der Waals surface area contributed by atoms with Crippen molar-refractivity contribution in [2.75, 3.05) is 32.8 Å². The Kier molecular flexibility index (Phi) is 10.3. The van der Waals surface area contributed by atoms with E-state index in [1.54, 1.807) is 0 Å². The fraction of sp³-hybridized carbons (Fsp3) is 0.524. The molecule has 1 N–H and O–H groups in total. The highest BCUT2D eigenvalue weighted by atomic mass is 127. The lowest BCUT2D eigenvalue weighted by atomic mass is 10.1. The van der Waals surface area contributed by atoms with Crippen molar-refractivity contribution in [3.63, 3.8) is 0 Å². The lowest BCUT2D eigenvalue weighted by Gasteiger charge is -2.21. The van der Waals surface area contributed by atoms with Gasteiger partial charge in [-0.25, -0.2) is 4.98 Å². The van der Waals surface area contributed by atoms with Gasteiger partial charge in [0.15, 0.2) is 5.96 Å². The molecule has 1 unspecified atom stereocenters. The number of hydrogen-bond donors (Lipinski definition) is 1. The number of imidazole rings is 1. The molecule has 0 spiro atoms. The monoisotopic (exact) mass is 497 g/mol. The SMILES string of the molecule is CCNC(=NCCCn1ccnc1)N1CCC(COCc2ccccc2)C1.I. The number of halogens is 1. The molecule has 0 bridgehead atoms. The summed E-state index contributed by atoms with van der Waals surface area (Å²) in [6, 6.07) is 10.4. The van der Waals surface area contributed by atoms with E-state index in [0.717, 1.165) is 58.1 Å². The number of ether oxygens (including phenoxy) is 1. The maximum absolute atomic E-state index is 5.94. The molecular weight excluding hydrogens is 465 g/mol. The van der Waals surface area contributed by atoms with Crippen LogP contribution >= 0.6 is 24.0 Å². The first-order valence-electron chi connectivity index (χ1n) is 9.96. The molecule has 1 atom stereocenters. The highest BCUT2D eigenvalue weighted by molar-refractivity contribution is 14.0. The molecule has 6 nitrogen and oxygen atoms in total. The molecule has 1 saturated heterocycles. The maximum atomic E-state index is 5.94. The zero-order valence-electron chi connectivity index (χ0n) is 16.7. The Morgan fingerprint density at radius 3 is 2.93 bits per heavy atom. The highest BCUT2D eigenvalue weighted by Gasteiger charge is 2.24. The molecule has 7 heteroatoms. The van der Waals surface area contributed by atoms with Gasteiger partial charge in [0, 0.05) is 51.0 Å². The number of aromatic nitrogens is 2. The highest BCUT2D eigenvalue weighted by Crippen LogP contribution is 2.17. The van der Waals surface area contributed by atoms with E-state index in [0.29, 0.717) is 12.5 Å². The minimum atomic E-state index is 0. The van der Waals surface area contributed by atoms with Crippen molar-refractivity contribution >= 4 is 29.9 Å². The molecule has 1 aliphatic rings. The van der Waals surface area contributed by atoms with Crippen molar-refractivity contribution in [3.8, 4) is 0 Å². The Morgan fingerprint density at radius 1 is 1.32 bits per heavy atom. The summed E-state index contributed by atoms with van der Waals surface area (Å²) in [6.07, 6.45) is 7.85. The van der Waals surface area contributed by atoms with Crippen molar-refractivity contribution in [1.29, 1.82) is 0 Å². The normalized spacial score (nSPS) is 16.8. The van der Waals surface area contributed by atoms with Gasteiger partial charge in [-0.05, 0) is 25.3 Å². The number of nitrogens with zero attached hydrogens (tertiary/aromatic N) is 4. The Hall–Kier alpha value is -1.61. The predicted molar refractivity (Wildman–Crippen MR) is 124 cm³/mol. The number of rotatable bonds is 9. The molecule has 0 amide bonds. The molecule has 0 saturated carbocycles. The Balaban J connectivity index is 0.00000280. The fourth-order valence-corrected chi connectivity index (χ4v) is 3.36. The number of hydrogen-bond acceptors (Lipinski definition) is 3. The number of guanidine groups is 1. The van der Waals surface area contributed by atoms with Crippen LogP contribution in [0.1, 0.15) is 25.3 Å². The molecule has 0 radical (unpaired) electrons. The third-order valence-corrected chi connectivity index (χ3v) is 4.78. The Labute approximate surface area is 185 Å². The van der Waals surface area contributed by atoms with Gasteiger partial charge in [0.25, 0.3) is 0 Å². The summed E-state index contributed by atoms with van der Waals surface area (Å²) < 4.78 is 8.03. The van der Waals surface area contributed by atoms with E-state index >= 15 is 0 Å². The van der Waals surface area contributed by atoms with E-state index in [1.807, 2.05) is 24.8 Å². The van der Waals surface area contributed by atoms with Crippen molar-refractivity contribution in [2.45, 2.75) is 32.9 Å². The van der Waals surface area contributed by atoms with Gasteiger partial charge < -0.3 is 19.5 Å². The summed E-state index contributed by atoms with van der Waals surface area (Å²) in [5, 5.41) is 3.44. The van der Waals surface area contributed by atoms with Crippen LogP contribution in [0.25, 0.3) is 0 Å². The average molecular weight is 497 g/mol. The first-order valence-corrected chi connectivity index (χ1v) is 9.96. The van der Waals surface area contributed by atoms with Crippen LogP contribution in [-0.2, 0) is 17.9 Å². The first-order chi connectivity index (χ1) is 13.3. The van der Waals surface area contributed by atoms with Crippen molar-refractivity contribution < 1.29 is 4.74 Å². The van der Waals surface area contributed by atoms with Crippen LogP contribution in [0.3, 0.4) is 0 Å². The zero-order valence-corrected chi connectivity index (χ0v) is 19.0. The number of aliphatic imine (C=N–C) groups is 1. The molecule has 3 rings (SSSR count). The van der Waals surface area contributed by atoms with E-state index in [4.69, 9.17) is 9.73 Å². The second-order valence-corrected chi connectivity index (χ2v) is 6.99. The van der Waals surface area contributed by atoms with Crippen LogP contribution < -0.4 is 5.32 Å². The fourth-order valence-electron chi connectivity index (χ4n) is 3.36. The molecule has 28 heavy (non-hydrogen) atoms. The quantitative estimate of drug-likeness (QED) is 0.250. The lowest BCUT2D eigenvalue weighted by Crippen LogP contribution is -2.40. The largest absolute Gasteiger partial charge is 0.376 e. The number of aryl methyl sites for hydroxylation is 1. The summed E-state index contributed by atoms with van der Waals surface area (Å²) >= 11 is 0. The van der Waals surface area contributed by atoms with Gasteiger partial charge in [-0.1, -0.05) is 30.3 Å². The summed E-state index contributed by atoms with van der Waals surface area (Å²) in [4.78, 5) is 11.3. The van der Waals surface area contributed by atoms with Crippen LogP contribution in [0.15, 0.2) is 54.0 Å².